The molecule has 2 N–H and O–H groups in total. The zero-order valence-electron chi connectivity index (χ0n) is 14.0. The first-order chi connectivity index (χ1) is 12.1. The van der Waals surface area contributed by atoms with Crippen molar-refractivity contribution in [2.75, 3.05) is 13.1 Å². The summed E-state index contributed by atoms with van der Waals surface area (Å²) in [6, 6.07) is 17.8. The molecule has 0 aliphatic carbocycles. The van der Waals surface area contributed by atoms with Crippen LogP contribution in [0.1, 0.15) is 22.3 Å². The minimum absolute atomic E-state index is 0.148. The van der Waals surface area contributed by atoms with Crippen molar-refractivity contribution in [1.29, 1.82) is 0 Å². The molecule has 1 fully saturated rings. The van der Waals surface area contributed by atoms with Gasteiger partial charge in [-0.1, -0.05) is 48.5 Å². The monoisotopic (exact) mass is 338 g/mol. The predicted molar refractivity (Wildman–Crippen MR) is 95.0 cm³/mol. The largest absolute Gasteiger partial charge is 0.391 e. The first-order valence-corrected chi connectivity index (χ1v) is 8.50. The fraction of sp³-hybridized carbons (Fsp3) is 0.300. The van der Waals surface area contributed by atoms with Crippen molar-refractivity contribution in [3.8, 4) is 0 Å². The fourth-order valence-corrected chi connectivity index (χ4v) is 3.04. The standard InChI is InChI=1S/C20H22N2O3/c23-17-11-12-22(14-17)20(25)18(13-15-7-3-1-4-8-15)21-19(24)16-9-5-2-6-10-16/h1-10,17-18,23H,11-14H2,(H,21,24)/t17-,18?/m1/s1. The third-order valence-electron chi connectivity index (χ3n) is 4.40. The van der Waals surface area contributed by atoms with E-state index >= 15 is 0 Å². The molecule has 5 nitrogen and oxygen atoms in total. The van der Waals surface area contributed by atoms with Gasteiger partial charge < -0.3 is 15.3 Å². The lowest BCUT2D eigenvalue weighted by atomic mass is 10.0. The summed E-state index contributed by atoms with van der Waals surface area (Å²) in [5.74, 6) is -0.417. The smallest absolute Gasteiger partial charge is 0.251 e. The highest BCUT2D eigenvalue weighted by Crippen LogP contribution is 2.13. The average Bonchev–Trinajstić information content (AvgIpc) is 3.08. The Bertz CT molecular complexity index is 718. The Kier molecular flexibility index (Phi) is 5.46. The number of likely N-dealkylation sites (tertiary alicyclic amines) is 1. The lowest BCUT2D eigenvalue weighted by Crippen LogP contribution is -2.49. The fourth-order valence-electron chi connectivity index (χ4n) is 3.04. The van der Waals surface area contributed by atoms with Crippen LogP contribution < -0.4 is 5.32 Å². The van der Waals surface area contributed by atoms with E-state index in [0.29, 0.717) is 31.5 Å². The number of hydrogen-bond acceptors (Lipinski definition) is 3. The second-order valence-corrected chi connectivity index (χ2v) is 6.31. The van der Waals surface area contributed by atoms with Crippen molar-refractivity contribution in [1.82, 2.24) is 10.2 Å². The van der Waals surface area contributed by atoms with E-state index in [1.165, 1.54) is 0 Å². The van der Waals surface area contributed by atoms with E-state index in [9.17, 15) is 14.7 Å². The van der Waals surface area contributed by atoms with E-state index in [4.69, 9.17) is 0 Å². The Hall–Kier alpha value is -2.66. The molecule has 1 saturated heterocycles. The number of carbonyl (C=O) groups is 2. The molecule has 2 atom stereocenters. The van der Waals surface area contributed by atoms with Gasteiger partial charge in [0, 0.05) is 25.1 Å². The van der Waals surface area contributed by atoms with Crippen LogP contribution in [0.2, 0.25) is 0 Å². The minimum Gasteiger partial charge on any atom is -0.391 e. The van der Waals surface area contributed by atoms with E-state index in [-0.39, 0.29) is 11.8 Å². The Labute approximate surface area is 147 Å². The third kappa shape index (κ3) is 4.45. The lowest BCUT2D eigenvalue weighted by molar-refractivity contribution is -0.132. The van der Waals surface area contributed by atoms with Crippen molar-refractivity contribution in [2.45, 2.75) is 25.0 Å². The van der Waals surface area contributed by atoms with Gasteiger partial charge in [-0.2, -0.15) is 0 Å². The topological polar surface area (TPSA) is 69.6 Å². The van der Waals surface area contributed by atoms with Crippen LogP contribution in [0.3, 0.4) is 0 Å². The maximum atomic E-state index is 12.9. The van der Waals surface area contributed by atoms with Crippen LogP contribution in [0.25, 0.3) is 0 Å². The van der Waals surface area contributed by atoms with Crippen LogP contribution in [-0.4, -0.2) is 47.1 Å². The molecule has 2 amide bonds. The van der Waals surface area contributed by atoms with Gasteiger partial charge >= 0.3 is 0 Å². The lowest BCUT2D eigenvalue weighted by Gasteiger charge is -2.24. The number of carbonyl (C=O) groups excluding carboxylic acids is 2. The molecule has 25 heavy (non-hydrogen) atoms. The predicted octanol–water partition coefficient (Wildman–Crippen LogP) is 1.62. The molecule has 0 spiro atoms. The molecule has 2 aromatic carbocycles. The van der Waals surface area contributed by atoms with Crippen LogP contribution in [0, 0.1) is 0 Å². The molecular weight excluding hydrogens is 316 g/mol. The van der Waals surface area contributed by atoms with E-state index in [1.54, 1.807) is 29.2 Å². The number of hydrogen-bond donors (Lipinski definition) is 2. The van der Waals surface area contributed by atoms with Gasteiger partial charge in [-0.3, -0.25) is 9.59 Å². The van der Waals surface area contributed by atoms with E-state index in [1.807, 2.05) is 36.4 Å². The Balaban J connectivity index is 1.76. The van der Waals surface area contributed by atoms with Gasteiger partial charge in [0.15, 0.2) is 0 Å². The Morgan fingerprint density at radius 1 is 1.08 bits per heavy atom. The van der Waals surface area contributed by atoms with E-state index in [2.05, 4.69) is 5.32 Å². The number of nitrogens with zero attached hydrogens (tertiary/aromatic N) is 1. The van der Waals surface area contributed by atoms with E-state index in [0.717, 1.165) is 5.56 Å². The maximum Gasteiger partial charge on any atom is 0.251 e. The van der Waals surface area contributed by atoms with Crippen LogP contribution in [0.5, 0.6) is 0 Å². The highest BCUT2D eigenvalue weighted by Gasteiger charge is 2.31. The third-order valence-corrected chi connectivity index (χ3v) is 4.40. The number of aliphatic hydroxyl groups excluding tert-OH is 1. The summed E-state index contributed by atoms with van der Waals surface area (Å²) in [5.41, 5.74) is 1.50. The summed E-state index contributed by atoms with van der Waals surface area (Å²) in [5, 5.41) is 12.6. The van der Waals surface area contributed by atoms with Gasteiger partial charge in [0.2, 0.25) is 5.91 Å². The number of β-amino-alcohol motifs (C(OH)–C–C–N with tert-alkyl or cyclic N) is 1. The van der Waals surface area contributed by atoms with Crippen molar-refractivity contribution < 1.29 is 14.7 Å². The normalized spacial score (nSPS) is 18.0. The number of rotatable bonds is 5. The summed E-state index contributed by atoms with van der Waals surface area (Å²) in [7, 11) is 0. The number of nitrogens with one attached hydrogen (secondary N) is 1. The average molecular weight is 338 g/mol. The van der Waals surface area contributed by atoms with Gasteiger partial charge in [-0.15, -0.1) is 0 Å². The van der Waals surface area contributed by atoms with Crippen LogP contribution in [-0.2, 0) is 11.2 Å². The highest BCUT2D eigenvalue weighted by molar-refractivity contribution is 5.97. The molecule has 5 heteroatoms. The second kappa shape index (κ2) is 7.94. The molecule has 2 aromatic rings. The summed E-state index contributed by atoms with van der Waals surface area (Å²) in [6.45, 7) is 0.845. The molecule has 3 rings (SSSR count). The molecule has 0 radical (unpaired) electrons. The van der Waals surface area contributed by atoms with Crippen LogP contribution in [0.4, 0.5) is 0 Å². The van der Waals surface area contributed by atoms with Gasteiger partial charge in [0.25, 0.3) is 5.91 Å². The summed E-state index contributed by atoms with van der Waals surface area (Å²) < 4.78 is 0. The van der Waals surface area contributed by atoms with Crippen molar-refractivity contribution in [3.05, 3.63) is 71.8 Å². The molecule has 1 heterocycles. The summed E-state index contributed by atoms with van der Waals surface area (Å²) in [4.78, 5) is 27.0. The van der Waals surface area contributed by atoms with Crippen molar-refractivity contribution in [3.63, 3.8) is 0 Å². The molecule has 0 saturated carbocycles. The molecule has 1 aliphatic heterocycles. The molecule has 130 valence electrons. The quantitative estimate of drug-likeness (QED) is 0.870. The van der Waals surface area contributed by atoms with E-state index < -0.39 is 12.1 Å². The Morgan fingerprint density at radius 2 is 1.72 bits per heavy atom. The molecule has 0 bridgehead atoms. The van der Waals surface area contributed by atoms with Crippen molar-refractivity contribution >= 4 is 11.8 Å². The van der Waals surface area contributed by atoms with Crippen LogP contribution >= 0.6 is 0 Å². The maximum absolute atomic E-state index is 12.9. The van der Waals surface area contributed by atoms with Gasteiger partial charge in [0.05, 0.1) is 6.10 Å². The molecule has 1 aliphatic rings. The van der Waals surface area contributed by atoms with Crippen molar-refractivity contribution in [2.24, 2.45) is 0 Å². The zero-order chi connectivity index (χ0) is 17.6. The number of benzene rings is 2. The van der Waals surface area contributed by atoms with Gasteiger partial charge in [0.1, 0.15) is 6.04 Å². The molecule has 0 aromatic heterocycles. The number of aliphatic hydroxyl groups is 1. The first kappa shape index (κ1) is 17.2. The zero-order valence-corrected chi connectivity index (χ0v) is 14.0. The SMILES string of the molecule is O=C(NC(Cc1ccccc1)C(=O)N1CC[C@@H](O)C1)c1ccccc1. The molecular formula is C20H22N2O3. The van der Waals surface area contributed by atoms with Gasteiger partial charge in [-0.25, -0.2) is 0 Å². The Morgan fingerprint density at radius 3 is 2.32 bits per heavy atom. The summed E-state index contributed by atoms with van der Waals surface area (Å²) >= 11 is 0. The highest BCUT2D eigenvalue weighted by atomic mass is 16.3. The minimum atomic E-state index is -0.652. The molecule has 1 unspecified atom stereocenters. The van der Waals surface area contributed by atoms with Gasteiger partial charge in [-0.05, 0) is 24.1 Å². The number of amides is 2. The first-order valence-electron chi connectivity index (χ1n) is 8.50. The van der Waals surface area contributed by atoms with Crippen LogP contribution in [0.15, 0.2) is 60.7 Å². The summed E-state index contributed by atoms with van der Waals surface area (Å²) in [6.07, 6.45) is 0.521. The second-order valence-electron chi connectivity index (χ2n) is 6.31.